The molecule has 1 aliphatic rings. The minimum Gasteiger partial charge on any atom is -0.480 e. The second-order valence-corrected chi connectivity index (χ2v) is 7.89. The van der Waals surface area contributed by atoms with E-state index in [2.05, 4.69) is 5.32 Å². The first-order chi connectivity index (χ1) is 12.4. The van der Waals surface area contributed by atoms with E-state index in [1.165, 1.54) is 11.3 Å². The first-order valence-corrected chi connectivity index (χ1v) is 9.23. The summed E-state index contributed by atoms with van der Waals surface area (Å²) in [4.78, 5) is 38.1. The van der Waals surface area contributed by atoms with Gasteiger partial charge in [0.25, 0.3) is 0 Å². The molecular formula is C18H17ClN2O4S. The number of halogens is 1. The summed E-state index contributed by atoms with van der Waals surface area (Å²) < 4.78 is 0.574. The van der Waals surface area contributed by atoms with Crippen LogP contribution in [0.25, 0.3) is 0 Å². The number of nitrogens with zero attached hydrogens (tertiary/aromatic N) is 1. The van der Waals surface area contributed by atoms with Gasteiger partial charge in [0, 0.05) is 4.88 Å². The maximum atomic E-state index is 12.4. The van der Waals surface area contributed by atoms with Crippen LogP contribution in [-0.4, -0.2) is 34.0 Å². The monoisotopic (exact) mass is 392 g/mol. The molecular weight excluding hydrogens is 376 g/mol. The van der Waals surface area contributed by atoms with Crippen molar-refractivity contribution in [3.63, 3.8) is 0 Å². The topological polar surface area (TPSA) is 86.7 Å². The summed E-state index contributed by atoms with van der Waals surface area (Å²) in [5.74, 6) is -2.44. The number of carbonyl (C=O) groups is 3. The molecule has 0 bridgehead atoms. The third kappa shape index (κ3) is 3.59. The highest BCUT2D eigenvalue weighted by molar-refractivity contribution is 7.16. The summed E-state index contributed by atoms with van der Waals surface area (Å²) in [5, 5.41) is 12.2. The zero-order valence-electron chi connectivity index (χ0n) is 13.9. The quantitative estimate of drug-likeness (QED) is 0.764. The maximum absolute atomic E-state index is 12.4. The minimum absolute atomic E-state index is 0.255. The van der Waals surface area contributed by atoms with Crippen molar-refractivity contribution in [3.05, 3.63) is 57.2 Å². The average molecular weight is 393 g/mol. The first kappa shape index (κ1) is 18.4. The molecule has 26 heavy (non-hydrogen) atoms. The molecule has 1 aromatic carbocycles. The lowest BCUT2D eigenvalue weighted by atomic mass is 9.84. The highest BCUT2D eigenvalue weighted by Gasteiger charge is 2.54. The van der Waals surface area contributed by atoms with Gasteiger partial charge >= 0.3 is 12.0 Å². The molecule has 1 unspecified atom stereocenters. The number of urea groups is 1. The molecule has 3 amide bonds. The largest absolute Gasteiger partial charge is 0.480 e. The maximum Gasteiger partial charge on any atom is 0.327 e. The number of imide groups is 1. The van der Waals surface area contributed by atoms with Crippen molar-refractivity contribution in [3.8, 4) is 0 Å². The van der Waals surface area contributed by atoms with Gasteiger partial charge in [0.15, 0.2) is 6.04 Å². The summed E-state index contributed by atoms with van der Waals surface area (Å²) in [6.07, 6.45) is 0.255. The van der Waals surface area contributed by atoms with E-state index in [0.717, 1.165) is 15.3 Å². The van der Waals surface area contributed by atoms with Crippen LogP contribution >= 0.6 is 22.9 Å². The zero-order valence-corrected chi connectivity index (χ0v) is 15.5. The van der Waals surface area contributed by atoms with E-state index in [1.807, 2.05) is 30.3 Å². The number of aliphatic carboxylic acids is 1. The van der Waals surface area contributed by atoms with E-state index in [-0.39, 0.29) is 12.5 Å². The summed E-state index contributed by atoms with van der Waals surface area (Å²) in [6, 6.07) is 10.5. The molecule has 0 aliphatic carbocycles. The number of hydrogen-bond acceptors (Lipinski definition) is 4. The number of amides is 3. The fraction of sp³-hybridized carbons (Fsp3) is 0.278. The molecule has 1 fully saturated rings. The van der Waals surface area contributed by atoms with Gasteiger partial charge in [0.1, 0.15) is 0 Å². The number of hydrogen-bond donors (Lipinski definition) is 2. The smallest absolute Gasteiger partial charge is 0.327 e. The van der Waals surface area contributed by atoms with Crippen molar-refractivity contribution < 1.29 is 19.5 Å². The van der Waals surface area contributed by atoms with Crippen LogP contribution in [0.15, 0.2) is 42.5 Å². The van der Waals surface area contributed by atoms with Gasteiger partial charge in [-0.2, -0.15) is 0 Å². The normalized spacial score (nSPS) is 20.4. The van der Waals surface area contributed by atoms with Crippen LogP contribution in [0.2, 0.25) is 4.34 Å². The molecule has 6 nitrogen and oxygen atoms in total. The highest BCUT2D eigenvalue weighted by atomic mass is 35.5. The van der Waals surface area contributed by atoms with Gasteiger partial charge in [-0.1, -0.05) is 41.9 Å². The molecule has 1 aromatic heterocycles. The number of nitrogens with one attached hydrogen (secondary N) is 1. The van der Waals surface area contributed by atoms with Gasteiger partial charge in [-0.15, -0.1) is 11.3 Å². The molecule has 3 atom stereocenters. The molecule has 0 radical (unpaired) electrons. The van der Waals surface area contributed by atoms with E-state index >= 15 is 0 Å². The fourth-order valence-electron chi connectivity index (χ4n) is 3.01. The standard InChI is InChI=1S/C18H17ClN2O4S/c1-10(11-5-3-2-4-6-11)20-18(25)21-15(17(23)24)13(16(21)22)9-12-7-8-14(19)26-12/h2-8,10,13,15H,9H2,1H3,(H,20,25)(H,23,24)/t10-,13-,15?/m1/s1. The lowest BCUT2D eigenvalue weighted by Crippen LogP contribution is -2.68. The van der Waals surface area contributed by atoms with Gasteiger partial charge in [0.2, 0.25) is 5.91 Å². The second-order valence-electron chi connectivity index (χ2n) is 6.09. The number of benzene rings is 1. The Morgan fingerprint density at radius 2 is 1.96 bits per heavy atom. The van der Waals surface area contributed by atoms with Gasteiger partial charge in [-0.05, 0) is 31.0 Å². The minimum atomic E-state index is -1.19. The molecule has 2 aromatic rings. The first-order valence-electron chi connectivity index (χ1n) is 8.04. The average Bonchev–Trinajstić information content (AvgIpc) is 3.02. The summed E-state index contributed by atoms with van der Waals surface area (Å²) in [7, 11) is 0. The molecule has 1 saturated heterocycles. The summed E-state index contributed by atoms with van der Waals surface area (Å²) in [5.41, 5.74) is 0.866. The lowest BCUT2D eigenvalue weighted by Gasteiger charge is -2.43. The molecule has 2 N–H and O–H groups in total. The van der Waals surface area contributed by atoms with Crippen molar-refractivity contribution >= 4 is 40.8 Å². The van der Waals surface area contributed by atoms with E-state index in [1.54, 1.807) is 19.1 Å². The van der Waals surface area contributed by atoms with E-state index in [9.17, 15) is 19.5 Å². The van der Waals surface area contributed by atoms with Gasteiger partial charge in [-0.25, -0.2) is 14.5 Å². The fourth-order valence-corrected chi connectivity index (χ4v) is 4.16. The predicted molar refractivity (Wildman–Crippen MR) is 98.2 cm³/mol. The Bertz CT molecular complexity index is 839. The van der Waals surface area contributed by atoms with E-state index < -0.39 is 29.9 Å². The van der Waals surface area contributed by atoms with Crippen LogP contribution < -0.4 is 5.32 Å². The SMILES string of the molecule is C[C@@H](NC(=O)N1C(=O)[C@H](Cc2ccc(Cl)s2)C1C(=O)O)c1ccccc1. The lowest BCUT2D eigenvalue weighted by molar-refractivity contribution is -0.165. The molecule has 8 heteroatoms. The van der Waals surface area contributed by atoms with Crippen LogP contribution in [0, 0.1) is 5.92 Å². The Hall–Kier alpha value is -2.38. The number of carboxylic acids is 1. The number of likely N-dealkylation sites (tertiary alicyclic amines) is 1. The Morgan fingerprint density at radius 1 is 1.27 bits per heavy atom. The van der Waals surface area contributed by atoms with E-state index in [0.29, 0.717) is 4.34 Å². The molecule has 3 rings (SSSR count). The third-order valence-electron chi connectivity index (χ3n) is 4.38. The van der Waals surface area contributed by atoms with Crippen LogP contribution in [0.1, 0.15) is 23.4 Å². The molecule has 2 heterocycles. The van der Waals surface area contributed by atoms with Crippen LogP contribution in [0.4, 0.5) is 4.79 Å². The van der Waals surface area contributed by atoms with Crippen molar-refractivity contribution in [2.75, 3.05) is 0 Å². The molecule has 0 saturated carbocycles. The number of carboxylic acid groups (broad SMARTS) is 1. The third-order valence-corrected chi connectivity index (χ3v) is 5.63. The van der Waals surface area contributed by atoms with Crippen molar-refractivity contribution in [2.45, 2.75) is 25.4 Å². The molecule has 1 aliphatic heterocycles. The van der Waals surface area contributed by atoms with Gasteiger partial charge in [0.05, 0.1) is 16.3 Å². The summed E-state index contributed by atoms with van der Waals surface area (Å²) in [6.45, 7) is 1.78. The van der Waals surface area contributed by atoms with Crippen molar-refractivity contribution in [2.24, 2.45) is 5.92 Å². The van der Waals surface area contributed by atoms with Crippen molar-refractivity contribution in [1.82, 2.24) is 10.2 Å². The van der Waals surface area contributed by atoms with Crippen LogP contribution in [0.5, 0.6) is 0 Å². The summed E-state index contributed by atoms with van der Waals surface area (Å²) >= 11 is 7.18. The Morgan fingerprint density at radius 3 is 2.54 bits per heavy atom. The van der Waals surface area contributed by atoms with E-state index in [4.69, 9.17) is 11.6 Å². The predicted octanol–water partition coefficient (Wildman–Crippen LogP) is 3.33. The van der Waals surface area contributed by atoms with Crippen LogP contribution in [0.3, 0.4) is 0 Å². The Kier molecular flexibility index (Phi) is 5.29. The van der Waals surface area contributed by atoms with Gasteiger partial charge in [-0.3, -0.25) is 4.79 Å². The second kappa shape index (κ2) is 7.47. The highest BCUT2D eigenvalue weighted by Crippen LogP contribution is 2.33. The zero-order chi connectivity index (χ0) is 18.8. The number of rotatable bonds is 5. The molecule has 0 spiro atoms. The number of β-lactam (4-membered cyclic amide) rings is 1. The van der Waals surface area contributed by atoms with Gasteiger partial charge < -0.3 is 10.4 Å². The van der Waals surface area contributed by atoms with Crippen LogP contribution in [-0.2, 0) is 16.0 Å². The van der Waals surface area contributed by atoms with Crippen molar-refractivity contribution in [1.29, 1.82) is 0 Å². The Balaban J connectivity index is 1.70. The number of carbonyl (C=O) groups excluding carboxylic acids is 2. The molecule has 136 valence electrons. The Labute approximate surface area is 159 Å². The number of thiophene rings is 1.